The van der Waals surface area contributed by atoms with Crippen LogP contribution in [0.5, 0.6) is 0 Å². The average Bonchev–Trinajstić information content (AvgIpc) is 2.66. The van der Waals surface area contributed by atoms with Crippen LogP contribution < -0.4 is 5.32 Å². The standard InChI is InChI=1S/C20H23FN2O4S/c1-14-12-23(13-15(2)27-14)28(25,26)19-9-5-17(6-10-19)20(24)22-11-16-3-7-18(21)8-4-16/h3-10,14-15H,11-13H2,1-2H3,(H,22,24)/t14-,15+. The second-order valence-electron chi connectivity index (χ2n) is 6.91. The quantitative estimate of drug-likeness (QED) is 0.828. The fraction of sp³-hybridized carbons (Fsp3) is 0.350. The van der Waals surface area contributed by atoms with E-state index in [1.54, 1.807) is 12.1 Å². The number of sulfonamides is 1. The molecular formula is C20H23FN2O4S. The van der Waals surface area contributed by atoms with E-state index in [0.717, 1.165) is 5.56 Å². The maximum Gasteiger partial charge on any atom is 0.251 e. The Morgan fingerprint density at radius 1 is 1.07 bits per heavy atom. The third-order valence-corrected chi connectivity index (χ3v) is 6.35. The van der Waals surface area contributed by atoms with Crippen LogP contribution in [0, 0.1) is 5.82 Å². The largest absolute Gasteiger partial charge is 0.373 e. The van der Waals surface area contributed by atoms with Crippen LogP contribution in [0.25, 0.3) is 0 Å². The number of hydrogen-bond acceptors (Lipinski definition) is 4. The predicted octanol–water partition coefficient (Wildman–Crippen LogP) is 2.55. The van der Waals surface area contributed by atoms with Crippen LogP contribution in [0.15, 0.2) is 53.4 Å². The Morgan fingerprint density at radius 2 is 1.64 bits per heavy atom. The van der Waals surface area contributed by atoms with Gasteiger partial charge in [0.05, 0.1) is 17.1 Å². The van der Waals surface area contributed by atoms with Gasteiger partial charge < -0.3 is 10.1 Å². The molecule has 0 bridgehead atoms. The number of nitrogens with one attached hydrogen (secondary N) is 1. The van der Waals surface area contributed by atoms with Crippen LogP contribution in [0.3, 0.4) is 0 Å². The smallest absolute Gasteiger partial charge is 0.251 e. The van der Waals surface area contributed by atoms with E-state index >= 15 is 0 Å². The van der Waals surface area contributed by atoms with Gasteiger partial charge in [0.25, 0.3) is 5.91 Å². The van der Waals surface area contributed by atoms with Gasteiger partial charge in [0.1, 0.15) is 5.82 Å². The summed E-state index contributed by atoms with van der Waals surface area (Å²) in [5.74, 6) is -0.669. The van der Waals surface area contributed by atoms with Gasteiger partial charge in [0.2, 0.25) is 10.0 Å². The molecule has 1 saturated heterocycles. The van der Waals surface area contributed by atoms with Crippen LogP contribution in [0.2, 0.25) is 0 Å². The van der Waals surface area contributed by atoms with Crippen molar-refractivity contribution in [1.82, 2.24) is 9.62 Å². The Hall–Kier alpha value is -2.29. The van der Waals surface area contributed by atoms with Crippen molar-refractivity contribution in [2.45, 2.75) is 37.5 Å². The SMILES string of the molecule is C[C@@H]1CN(S(=O)(=O)c2ccc(C(=O)NCc3ccc(F)cc3)cc2)C[C@H](C)O1. The molecule has 1 amide bonds. The van der Waals surface area contributed by atoms with Gasteiger partial charge in [-0.15, -0.1) is 0 Å². The highest BCUT2D eigenvalue weighted by atomic mass is 32.2. The summed E-state index contributed by atoms with van der Waals surface area (Å²) in [7, 11) is -3.64. The number of morpholine rings is 1. The molecule has 1 aliphatic heterocycles. The number of amides is 1. The normalized spacial score (nSPS) is 20.7. The lowest BCUT2D eigenvalue weighted by Crippen LogP contribution is -2.48. The summed E-state index contributed by atoms with van der Waals surface area (Å²) in [5.41, 5.74) is 1.12. The molecule has 2 aromatic rings. The lowest BCUT2D eigenvalue weighted by molar-refractivity contribution is -0.0440. The summed E-state index contributed by atoms with van der Waals surface area (Å²) >= 11 is 0. The molecule has 1 N–H and O–H groups in total. The molecule has 1 heterocycles. The van der Waals surface area contributed by atoms with Gasteiger partial charge in [0.15, 0.2) is 0 Å². The molecule has 0 saturated carbocycles. The maximum atomic E-state index is 12.9. The third-order valence-electron chi connectivity index (χ3n) is 4.51. The maximum absolute atomic E-state index is 12.9. The van der Waals surface area contributed by atoms with Crippen molar-refractivity contribution in [1.29, 1.82) is 0 Å². The number of nitrogens with zero attached hydrogens (tertiary/aromatic N) is 1. The number of hydrogen-bond donors (Lipinski definition) is 1. The molecule has 0 aromatic heterocycles. The summed E-state index contributed by atoms with van der Waals surface area (Å²) in [5, 5.41) is 2.73. The summed E-state index contributed by atoms with van der Waals surface area (Å²) in [6.07, 6.45) is -0.343. The van der Waals surface area contributed by atoms with Crippen LogP contribution in [0.1, 0.15) is 29.8 Å². The van der Waals surface area contributed by atoms with Crippen molar-refractivity contribution in [3.05, 3.63) is 65.5 Å². The van der Waals surface area contributed by atoms with Crippen molar-refractivity contribution in [2.75, 3.05) is 13.1 Å². The Kier molecular flexibility index (Phi) is 6.12. The van der Waals surface area contributed by atoms with Gasteiger partial charge in [-0.25, -0.2) is 12.8 Å². The van der Waals surface area contributed by atoms with Crippen LogP contribution >= 0.6 is 0 Å². The van der Waals surface area contributed by atoms with Gasteiger partial charge >= 0.3 is 0 Å². The van der Waals surface area contributed by atoms with E-state index in [9.17, 15) is 17.6 Å². The predicted molar refractivity (Wildman–Crippen MR) is 103 cm³/mol. The van der Waals surface area contributed by atoms with Crippen LogP contribution in [-0.2, 0) is 21.3 Å². The van der Waals surface area contributed by atoms with E-state index in [0.29, 0.717) is 18.7 Å². The molecule has 0 unspecified atom stereocenters. The zero-order valence-electron chi connectivity index (χ0n) is 15.8. The van der Waals surface area contributed by atoms with Gasteiger partial charge in [0, 0.05) is 25.2 Å². The van der Waals surface area contributed by atoms with Crippen molar-refractivity contribution >= 4 is 15.9 Å². The highest BCUT2D eigenvalue weighted by Gasteiger charge is 2.32. The second kappa shape index (κ2) is 8.38. The summed E-state index contributed by atoms with van der Waals surface area (Å²) in [6, 6.07) is 11.7. The average molecular weight is 406 g/mol. The Bertz CT molecular complexity index is 920. The Morgan fingerprint density at radius 3 is 2.21 bits per heavy atom. The van der Waals surface area contributed by atoms with Gasteiger partial charge in [-0.3, -0.25) is 4.79 Å². The molecule has 3 rings (SSSR count). The van der Waals surface area contributed by atoms with E-state index in [2.05, 4.69) is 5.32 Å². The number of ether oxygens (including phenoxy) is 1. The first-order valence-corrected chi connectivity index (χ1v) is 10.5. The summed E-state index contributed by atoms with van der Waals surface area (Å²) in [4.78, 5) is 12.4. The van der Waals surface area contributed by atoms with Gasteiger partial charge in [-0.1, -0.05) is 12.1 Å². The molecular weight excluding hydrogens is 383 g/mol. The number of benzene rings is 2. The van der Waals surface area contributed by atoms with E-state index in [4.69, 9.17) is 4.74 Å². The Labute approximate surface area is 164 Å². The Balaban J connectivity index is 1.66. The molecule has 0 aliphatic carbocycles. The molecule has 8 heteroatoms. The monoisotopic (exact) mass is 406 g/mol. The minimum atomic E-state index is -3.64. The van der Waals surface area contributed by atoms with Crippen molar-refractivity contribution < 1.29 is 22.3 Å². The van der Waals surface area contributed by atoms with Gasteiger partial charge in [-0.2, -0.15) is 4.31 Å². The zero-order chi connectivity index (χ0) is 20.3. The van der Waals surface area contributed by atoms with Crippen molar-refractivity contribution in [3.63, 3.8) is 0 Å². The molecule has 1 fully saturated rings. The highest BCUT2D eigenvalue weighted by molar-refractivity contribution is 7.89. The summed E-state index contributed by atoms with van der Waals surface area (Å²) in [6.45, 7) is 4.53. The first-order valence-electron chi connectivity index (χ1n) is 9.04. The molecule has 2 aromatic carbocycles. The van der Waals surface area contributed by atoms with Crippen LogP contribution in [0.4, 0.5) is 4.39 Å². The van der Waals surface area contributed by atoms with E-state index in [-0.39, 0.29) is 35.4 Å². The van der Waals surface area contributed by atoms with Crippen LogP contribution in [-0.4, -0.2) is 43.9 Å². The number of halogens is 1. The molecule has 2 atom stereocenters. The topological polar surface area (TPSA) is 75.7 Å². The summed E-state index contributed by atoms with van der Waals surface area (Å²) < 4.78 is 45.6. The fourth-order valence-electron chi connectivity index (χ4n) is 3.14. The minimum Gasteiger partial charge on any atom is -0.373 e. The van der Waals surface area contributed by atoms with E-state index in [1.165, 1.54) is 40.7 Å². The molecule has 28 heavy (non-hydrogen) atoms. The second-order valence-corrected chi connectivity index (χ2v) is 8.85. The number of carbonyl (C=O) groups is 1. The lowest BCUT2D eigenvalue weighted by Gasteiger charge is -2.34. The molecule has 0 spiro atoms. The molecule has 6 nitrogen and oxygen atoms in total. The minimum absolute atomic E-state index is 0.142. The lowest BCUT2D eigenvalue weighted by atomic mass is 10.2. The van der Waals surface area contributed by atoms with E-state index < -0.39 is 10.0 Å². The van der Waals surface area contributed by atoms with Crippen molar-refractivity contribution in [3.8, 4) is 0 Å². The first-order chi connectivity index (χ1) is 13.3. The zero-order valence-corrected chi connectivity index (χ0v) is 16.6. The third kappa shape index (κ3) is 4.76. The fourth-order valence-corrected chi connectivity index (χ4v) is 4.73. The number of rotatable bonds is 5. The molecule has 150 valence electrons. The van der Waals surface area contributed by atoms with Gasteiger partial charge in [-0.05, 0) is 55.8 Å². The first kappa shape index (κ1) is 20.4. The highest BCUT2D eigenvalue weighted by Crippen LogP contribution is 2.21. The number of carbonyl (C=O) groups excluding carboxylic acids is 1. The van der Waals surface area contributed by atoms with E-state index in [1.807, 2.05) is 13.8 Å². The van der Waals surface area contributed by atoms with Crippen molar-refractivity contribution in [2.24, 2.45) is 0 Å². The molecule has 0 radical (unpaired) electrons. The molecule has 1 aliphatic rings.